The van der Waals surface area contributed by atoms with Crippen molar-refractivity contribution >= 4 is 47.7 Å². The van der Waals surface area contributed by atoms with E-state index in [0.29, 0.717) is 0 Å². The van der Waals surface area contributed by atoms with Crippen molar-refractivity contribution in [2.24, 2.45) is 0 Å². The molecule has 6 aromatic carbocycles. The summed E-state index contributed by atoms with van der Waals surface area (Å²) in [6.45, 7) is 0. The zero-order valence-electron chi connectivity index (χ0n) is 23.8. The predicted molar refractivity (Wildman–Crippen MR) is 192 cm³/mol. The molecule has 4 N–H and O–H groups in total. The van der Waals surface area contributed by atoms with Gasteiger partial charge in [0.25, 0.3) is 0 Å². The Kier molecular flexibility index (Phi) is 13.7. The van der Waals surface area contributed by atoms with Gasteiger partial charge in [-0.25, -0.2) is 0 Å². The van der Waals surface area contributed by atoms with E-state index in [9.17, 15) is 0 Å². The van der Waals surface area contributed by atoms with Crippen LogP contribution in [0.4, 0.5) is 0 Å². The summed E-state index contributed by atoms with van der Waals surface area (Å²) in [4.78, 5) is 1.50. The molecule has 6 heteroatoms. The predicted octanol–water partition coefficient (Wildman–Crippen LogP) is 7.06. The van der Waals surface area contributed by atoms with Crippen LogP contribution in [0.2, 0.25) is 0 Å². The van der Waals surface area contributed by atoms with Crippen LogP contribution in [-0.2, 0) is 0 Å². The van der Waals surface area contributed by atoms with Crippen LogP contribution in [0.3, 0.4) is 0 Å². The van der Waals surface area contributed by atoms with E-state index in [1.54, 1.807) is 0 Å². The van der Waals surface area contributed by atoms with Gasteiger partial charge < -0.3 is 17.2 Å². The molecular weight excluding hydrogens is 550 g/mol. The van der Waals surface area contributed by atoms with Crippen molar-refractivity contribution in [2.45, 2.75) is 0 Å². The van der Waals surface area contributed by atoms with E-state index in [1.165, 1.54) is 36.7 Å². The van der Waals surface area contributed by atoms with E-state index in [2.05, 4.69) is 182 Å². The molecule has 0 unspecified atom stereocenters. The second-order valence-electron chi connectivity index (χ2n) is 9.42. The molecule has 0 spiro atoms. The van der Waals surface area contributed by atoms with Crippen LogP contribution in [0.25, 0.3) is 16.0 Å². The van der Waals surface area contributed by atoms with Gasteiger partial charge in [-0.2, -0.15) is 0 Å². The number of rotatable bonds is 6. The Bertz CT molecular complexity index is 1280. The molecular formula is C36H38N4P2. The number of hydrogen-bond acceptors (Lipinski definition) is 0. The first-order valence-corrected chi connectivity index (χ1v) is 17.1. The first-order valence-electron chi connectivity index (χ1n) is 13.6. The van der Waals surface area contributed by atoms with E-state index in [4.69, 9.17) is 11.1 Å². The Balaban J connectivity index is 0.000000207. The standard InChI is InChI=1S/2C18H17P.N3.H3N/c2*1-4-10-16(11-5-1)19(17-12-6-2-7-13-17)18-14-8-3-9-15-18;1-3-2;/h2*1-15H,19H2;;1H3/q;;-1;/p+1. The van der Waals surface area contributed by atoms with Crippen molar-refractivity contribution in [3.05, 3.63) is 198 Å². The summed E-state index contributed by atoms with van der Waals surface area (Å²) in [6, 6.07) is 65.3. The fourth-order valence-corrected chi connectivity index (χ4v) is 11.0. The van der Waals surface area contributed by atoms with Gasteiger partial charge in [0, 0.05) is 0 Å². The van der Waals surface area contributed by atoms with Crippen molar-refractivity contribution in [1.82, 2.24) is 6.15 Å². The molecule has 0 amide bonds. The fraction of sp³-hybridized carbons (Fsp3) is 0. The van der Waals surface area contributed by atoms with E-state index < -0.39 is 15.8 Å². The van der Waals surface area contributed by atoms with E-state index in [1.807, 2.05) is 0 Å². The summed E-state index contributed by atoms with van der Waals surface area (Å²) in [7, 11) is -2.62. The van der Waals surface area contributed by atoms with Crippen molar-refractivity contribution in [3.8, 4) is 0 Å². The molecule has 0 aliphatic heterocycles. The van der Waals surface area contributed by atoms with Gasteiger partial charge in [0.15, 0.2) is 0 Å². The molecule has 0 saturated heterocycles. The van der Waals surface area contributed by atoms with Gasteiger partial charge in [-0.05, 0) is 0 Å². The topological polar surface area (TPSA) is 95.2 Å². The van der Waals surface area contributed by atoms with Gasteiger partial charge in [0.1, 0.15) is 0 Å². The van der Waals surface area contributed by atoms with Crippen LogP contribution in [0, 0.1) is 0 Å². The third-order valence-electron chi connectivity index (χ3n) is 6.80. The molecule has 0 aliphatic rings. The SMILES string of the molecule is [N-]=[N+]=[N-].[NH4+].c1ccc([PH2](c2ccccc2)c2ccccc2)cc1.c1ccc([PH2](c2ccccc2)c2ccccc2)cc1. The van der Waals surface area contributed by atoms with Crippen molar-refractivity contribution in [1.29, 1.82) is 0 Å². The second-order valence-corrected chi connectivity index (χ2v) is 15.2. The van der Waals surface area contributed by atoms with Crippen LogP contribution in [0.1, 0.15) is 0 Å². The first-order chi connectivity index (χ1) is 20.3. The van der Waals surface area contributed by atoms with E-state index in [0.717, 1.165) is 0 Å². The quantitative estimate of drug-likeness (QED) is 0.0933. The van der Waals surface area contributed by atoms with Crippen LogP contribution < -0.4 is 38.0 Å². The number of nitrogens with zero attached hydrogens (tertiary/aromatic N) is 3. The monoisotopic (exact) mass is 588 g/mol. The average molecular weight is 589 g/mol. The second kappa shape index (κ2) is 18.0. The summed E-state index contributed by atoms with van der Waals surface area (Å²) in [5, 5.41) is 8.83. The van der Waals surface area contributed by atoms with Crippen molar-refractivity contribution < 1.29 is 0 Å². The van der Waals surface area contributed by atoms with Crippen LogP contribution in [-0.4, -0.2) is 0 Å². The van der Waals surface area contributed by atoms with Gasteiger partial charge in [-0.15, -0.1) is 0 Å². The minimum atomic E-state index is -1.31. The molecule has 0 aromatic heterocycles. The Hall–Kier alpha value is -4.55. The average Bonchev–Trinajstić information content (AvgIpc) is 3.05. The molecule has 4 nitrogen and oxygen atoms in total. The van der Waals surface area contributed by atoms with Gasteiger partial charge in [-0.1, -0.05) is 0 Å². The van der Waals surface area contributed by atoms with Crippen LogP contribution in [0.5, 0.6) is 0 Å². The van der Waals surface area contributed by atoms with Crippen molar-refractivity contribution in [3.63, 3.8) is 0 Å². The number of hydrogen-bond donors (Lipinski definition) is 1. The molecule has 0 saturated carbocycles. The van der Waals surface area contributed by atoms with Crippen molar-refractivity contribution in [2.75, 3.05) is 0 Å². The Morgan fingerprint density at radius 3 is 0.524 bits per heavy atom. The third kappa shape index (κ3) is 9.25. The summed E-state index contributed by atoms with van der Waals surface area (Å²) in [6.07, 6.45) is 0. The number of benzene rings is 6. The van der Waals surface area contributed by atoms with Gasteiger partial charge >= 0.3 is 230 Å². The molecule has 0 radical (unpaired) electrons. The Morgan fingerprint density at radius 1 is 0.286 bits per heavy atom. The zero-order chi connectivity index (χ0) is 28.5. The van der Waals surface area contributed by atoms with Gasteiger partial charge in [0.05, 0.1) is 0 Å². The molecule has 0 bridgehead atoms. The maximum atomic E-state index is 6.75. The molecule has 6 aromatic rings. The molecule has 212 valence electrons. The Morgan fingerprint density at radius 2 is 0.405 bits per heavy atom. The summed E-state index contributed by atoms with van der Waals surface area (Å²) < 4.78 is 0. The minimum absolute atomic E-state index is 0. The summed E-state index contributed by atoms with van der Waals surface area (Å²) in [5.74, 6) is 0. The summed E-state index contributed by atoms with van der Waals surface area (Å²) in [5.41, 5.74) is 13.5. The Labute approximate surface area is 251 Å². The van der Waals surface area contributed by atoms with E-state index >= 15 is 0 Å². The molecule has 0 atom stereocenters. The molecule has 0 heterocycles. The van der Waals surface area contributed by atoms with Crippen LogP contribution >= 0.6 is 15.8 Å². The maximum absolute atomic E-state index is 6.75. The molecule has 0 fully saturated rings. The summed E-state index contributed by atoms with van der Waals surface area (Å²) >= 11 is 0. The normalized spacial score (nSPS) is 10.2. The molecule has 42 heavy (non-hydrogen) atoms. The third-order valence-corrected chi connectivity index (χ3v) is 13.1. The van der Waals surface area contributed by atoms with Gasteiger partial charge in [-0.3, -0.25) is 4.91 Å². The van der Waals surface area contributed by atoms with Gasteiger partial charge in [0.2, 0.25) is 0 Å². The molecule has 0 aliphatic carbocycles. The van der Waals surface area contributed by atoms with E-state index in [-0.39, 0.29) is 6.15 Å². The van der Waals surface area contributed by atoms with Crippen LogP contribution in [0.15, 0.2) is 182 Å². The fourth-order valence-electron chi connectivity index (χ4n) is 5.03. The first kappa shape index (κ1) is 32.0. The number of quaternary nitrogens is 1. The molecule has 6 rings (SSSR count). The zero-order valence-corrected chi connectivity index (χ0v) is 26.1.